The quantitative estimate of drug-likeness (QED) is 0.570. The molecule has 0 saturated heterocycles. The average molecular weight is 452 g/mol. The number of hydrogen-bond donors (Lipinski definition) is 2. The molecule has 0 fully saturated rings. The van der Waals surface area contributed by atoms with E-state index in [0.717, 1.165) is 20.8 Å². The molecule has 3 rings (SSSR count). The number of rotatable bonds is 7. The molecule has 29 heavy (non-hydrogen) atoms. The number of carbonyl (C=O) groups excluding carboxylic acids is 1. The maximum absolute atomic E-state index is 12.9. The fourth-order valence-corrected chi connectivity index (χ4v) is 5.36. The largest absolute Gasteiger partial charge is 0.351 e. The van der Waals surface area contributed by atoms with E-state index in [1.54, 1.807) is 38.1 Å². The van der Waals surface area contributed by atoms with Crippen molar-refractivity contribution in [3.63, 3.8) is 0 Å². The number of hydrogen-bond acceptors (Lipinski definition) is 5. The van der Waals surface area contributed by atoms with Crippen molar-refractivity contribution in [2.24, 2.45) is 5.92 Å². The average Bonchev–Trinajstić information content (AvgIpc) is 3.04. The van der Waals surface area contributed by atoms with E-state index < -0.39 is 22.0 Å². The number of benzene rings is 2. The van der Waals surface area contributed by atoms with Crippen molar-refractivity contribution in [2.45, 2.75) is 38.3 Å². The summed E-state index contributed by atoms with van der Waals surface area (Å²) in [5, 5.41) is 4.18. The number of carbonyl (C=O) groups is 1. The first-order valence-electron chi connectivity index (χ1n) is 9.08. The zero-order valence-corrected chi connectivity index (χ0v) is 18.7. The maximum Gasteiger partial charge on any atom is 0.241 e. The monoisotopic (exact) mass is 451 g/mol. The van der Waals surface area contributed by atoms with Gasteiger partial charge >= 0.3 is 0 Å². The first kappa shape index (κ1) is 21.7. The van der Waals surface area contributed by atoms with E-state index in [1.807, 2.05) is 19.1 Å². The molecule has 1 aromatic heterocycles. The molecule has 6 nitrogen and oxygen atoms in total. The van der Waals surface area contributed by atoms with E-state index in [1.165, 1.54) is 17.4 Å². The summed E-state index contributed by atoms with van der Waals surface area (Å²) in [7, 11) is -3.88. The van der Waals surface area contributed by atoms with E-state index >= 15 is 0 Å². The Hall–Kier alpha value is -2.00. The van der Waals surface area contributed by atoms with Gasteiger partial charge < -0.3 is 5.32 Å². The molecule has 2 N–H and O–H groups in total. The lowest BCUT2D eigenvalue weighted by Gasteiger charge is -2.22. The highest BCUT2D eigenvalue weighted by molar-refractivity contribution is 7.89. The molecule has 1 amide bonds. The summed E-state index contributed by atoms with van der Waals surface area (Å²) in [6.07, 6.45) is 0. The Labute approximate surface area is 179 Å². The fraction of sp³-hybridized carbons (Fsp3) is 0.300. The number of nitrogens with one attached hydrogen (secondary N) is 2. The van der Waals surface area contributed by atoms with E-state index in [4.69, 9.17) is 11.6 Å². The molecule has 2 aromatic carbocycles. The van der Waals surface area contributed by atoms with E-state index in [-0.39, 0.29) is 17.4 Å². The van der Waals surface area contributed by atoms with Gasteiger partial charge in [-0.3, -0.25) is 4.79 Å². The van der Waals surface area contributed by atoms with Gasteiger partial charge in [0.15, 0.2) is 0 Å². The van der Waals surface area contributed by atoms with Crippen LogP contribution >= 0.6 is 22.9 Å². The number of aryl methyl sites for hydroxylation is 1. The van der Waals surface area contributed by atoms with Gasteiger partial charge in [-0.2, -0.15) is 4.72 Å². The van der Waals surface area contributed by atoms with Crippen LogP contribution < -0.4 is 10.0 Å². The minimum absolute atomic E-state index is 0.109. The van der Waals surface area contributed by atoms with Crippen molar-refractivity contribution in [3.8, 4) is 0 Å². The molecule has 3 aromatic rings. The lowest BCUT2D eigenvalue weighted by atomic mass is 10.0. The van der Waals surface area contributed by atoms with Gasteiger partial charge in [0.1, 0.15) is 6.04 Å². The minimum atomic E-state index is -3.88. The summed E-state index contributed by atoms with van der Waals surface area (Å²) in [6, 6.07) is 11.0. The van der Waals surface area contributed by atoms with Crippen molar-refractivity contribution >= 4 is 49.1 Å². The van der Waals surface area contributed by atoms with Crippen molar-refractivity contribution in [1.29, 1.82) is 0 Å². The summed E-state index contributed by atoms with van der Waals surface area (Å²) in [4.78, 5) is 17.2. The molecular formula is C20H22ClN3O3S2. The lowest BCUT2D eigenvalue weighted by Crippen LogP contribution is -2.49. The van der Waals surface area contributed by atoms with Gasteiger partial charge in [-0.25, -0.2) is 13.4 Å². The number of aromatic nitrogens is 1. The molecule has 1 heterocycles. The Balaban J connectivity index is 1.77. The molecule has 0 aliphatic heterocycles. The second-order valence-electron chi connectivity index (χ2n) is 7.01. The van der Waals surface area contributed by atoms with Crippen LogP contribution in [0.5, 0.6) is 0 Å². The van der Waals surface area contributed by atoms with Gasteiger partial charge in [-0.05, 0) is 42.7 Å². The van der Waals surface area contributed by atoms with Gasteiger partial charge in [0.25, 0.3) is 0 Å². The molecule has 0 unspecified atom stereocenters. The maximum atomic E-state index is 12.9. The lowest BCUT2D eigenvalue weighted by molar-refractivity contribution is -0.123. The predicted octanol–water partition coefficient (Wildman–Crippen LogP) is 3.88. The Kier molecular flexibility index (Phi) is 6.58. The van der Waals surface area contributed by atoms with E-state index in [2.05, 4.69) is 15.0 Å². The van der Waals surface area contributed by atoms with Gasteiger partial charge in [0.2, 0.25) is 15.9 Å². The third-order valence-electron chi connectivity index (χ3n) is 4.42. The van der Waals surface area contributed by atoms with Gasteiger partial charge in [0, 0.05) is 11.6 Å². The topological polar surface area (TPSA) is 88.2 Å². The minimum Gasteiger partial charge on any atom is -0.351 e. The SMILES string of the molecule is Cc1nc2ccc(S(=O)(=O)N[C@H](C(=O)NCc3ccccc3Cl)C(C)C)cc2s1. The van der Waals surface area contributed by atoms with Crippen LogP contribution in [0.2, 0.25) is 5.02 Å². The smallest absolute Gasteiger partial charge is 0.241 e. The van der Waals surface area contributed by atoms with Crippen molar-refractivity contribution in [1.82, 2.24) is 15.0 Å². The first-order valence-corrected chi connectivity index (χ1v) is 11.8. The van der Waals surface area contributed by atoms with Crippen molar-refractivity contribution < 1.29 is 13.2 Å². The number of thiazole rings is 1. The van der Waals surface area contributed by atoms with Crippen molar-refractivity contribution in [2.75, 3.05) is 0 Å². The highest BCUT2D eigenvalue weighted by Gasteiger charge is 2.28. The molecule has 1 atom stereocenters. The summed E-state index contributed by atoms with van der Waals surface area (Å²) in [6.45, 7) is 5.67. The summed E-state index contributed by atoms with van der Waals surface area (Å²) in [5.74, 6) is -0.649. The molecule has 9 heteroatoms. The number of fused-ring (bicyclic) bond motifs is 1. The fourth-order valence-electron chi connectivity index (χ4n) is 2.85. The van der Waals surface area contributed by atoms with E-state index in [0.29, 0.717) is 5.02 Å². The van der Waals surface area contributed by atoms with Gasteiger partial charge in [-0.15, -0.1) is 11.3 Å². The number of amides is 1. The number of sulfonamides is 1. The Morgan fingerprint density at radius 3 is 2.62 bits per heavy atom. The van der Waals surface area contributed by atoms with E-state index in [9.17, 15) is 13.2 Å². The van der Waals surface area contributed by atoms with Crippen LogP contribution in [0.1, 0.15) is 24.4 Å². The van der Waals surface area contributed by atoms with Gasteiger partial charge in [0.05, 0.1) is 20.1 Å². The van der Waals surface area contributed by atoms with Crippen LogP contribution in [0.25, 0.3) is 10.2 Å². The molecule has 0 bridgehead atoms. The zero-order chi connectivity index (χ0) is 21.2. The standard InChI is InChI=1S/C20H22ClN3O3S2/c1-12(2)19(20(25)22-11-14-6-4-5-7-16(14)21)24-29(26,27)15-8-9-17-18(10-15)28-13(3)23-17/h4-10,12,19,24H,11H2,1-3H3,(H,22,25)/t19-/m0/s1. The number of nitrogens with zero attached hydrogens (tertiary/aromatic N) is 1. The van der Waals surface area contributed by atoms with Crippen LogP contribution in [-0.4, -0.2) is 25.4 Å². The van der Waals surface area contributed by atoms with Crippen LogP contribution in [0.3, 0.4) is 0 Å². The molecule has 0 saturated carbocycles. The molecule has 0 radical (unpaired) electrons. The summed E-state index contributed by atoms with van der Waals surface area (Å²) >= 11 is 7.54. The first-order chi connectivity index (χ1) is 13.7. The van der Waals surface area contributed by atoms with Crippen LogP contribution in [0.4, 0.5) is 0 Å². The highest BCUT2D eigenvalue weighted by Crippen LogP contribution is 2.25. The zero-order valence-electron chi connectivity index (χ0n) is 16.3. The van der Waals surface area contributed by atoms with Gasteiger partial charge in [-0.1, -0.05) is 43.6 Å². The molecule has 154 valence electrons. The normalized spacial score (nSPS) is 13.0. The summed E-state index contributed by atoms with van der Waals surface area (Å²) in [5.41, 5.74) is 1.52. The van der Waals surface area contributed by atoms with Crippen LogP contribution in [0, 0.1) is 12.8 Å². The molecular weight excluding hydrogens is 430 g/mol. The Morgan fingerprint density at radius 2 is 1.93 bits per heavy atom. The second-order valence-corrected chi connectivity index (χ2v) is 10.4. The third kappa shape index (κ3) is 5.14. The highest BCUT2D eigenvalue weighted by atomic mass is 35.5. The number of halogens is 1. The predicted molar refractivity (Wildman–Crippen MR) is 117 cm³/mol. The third-order valence-corrected chi connectivity index (χ3v) is 7.16. The van der Waals surface area contributed by atoms with Crippen molar-refractivity contribution in [3.05, 3.63) is 58.1 Å². The molecule has 0 aliphatic rings. The van der Waals surface area contributed by atoms with Crippen LogP contribution in [-0.2, 0) is 21.4 Å². The summed E-state index contributed by atoms with van der Waals surface area (Å²) < 4.78 is 29.1. The Bertz CT molecular complexity index is 1140. The molecule has 0 spiro atoms. The van der Waals surface area contributed by atoms with Crippen LogP contribution in [0.15, 0.2) is 47.4 Å². The second kappa shape index (κ2) is 8.79. The Morgan fingerprint density at radius 1 is 1.21 bits per heavy atom. The molecule has 0 aliphatic carbocycles.